The molecular weight excluding hydrogens is 373 g/mol. The zero-order valence-electron chi connectivity index (χ0n) is 17.1. The number of hydrogen-bond acceptors (Lipinski definition) is 4. The van der Waals surface area contributed by atoms with Crippen LogP contribution in [0.15, 0.2) is 36.7 Å². The summed E-state index contributed by atoms with van der Waals surface area (Å²) in [7, 11) is 1.84. The largest absolute Gasteiger partial charge is 0.466 e. The van der Waals surface area contributed by atoms with Gasteiger partial charge in [-0.15, -0.1) is 0 Å². The molecule has 0 saturated carbocycles. The van der Waals surface area contributed by atoms with Gasteiger partial charge in [-0.25, -0.2) is 4.39 Å². The maximum absolute atomic E-state index is 14.3. The van der Waals surface area contributed by atoms with Gasteiger partial charge in [0.05, 0.1) is 18.2 Å². The Morgan fingerprint density at radius 1 is 1.31 bits per heavy atom. The van der Waals surface area contributed by atoms with Crippen LogP contribution < -0.4 is 0 Å². The summed E-state index contributed by atoms with van der Waals surface area (Å²) in [6.07, 6.45) is 6.09. The van der Waals surface area contributed by atoms with Gasteiger partial charge in [0.2, 0.25) is 5.91 Å². The smallest absolute Gasteiger partial charge is 0.314 e. The maximum Gasteiger partial charge on any atom is 0.314 e. The average molecular weight is 401 g/mol. The van der Waals surface area contributed by atoms with Crippen LogP contribution >= 0.6 is 0 Å². The van der Waals surface area contributed by atoms with Gasteiger partial charge >= 0.3 is 5.97 Å². The predicted molar refractivity (Wildman–Crippen MR) is 107 cm³/mol. The normalized spacial score (nSPS) is 19.2. The van der Waals surface area contributed by atoms with E-state index in [0.717, 1.165) is 5.56 Å². The molecule has 3 rings (SSSR count). The molecule has 2 aromatic rings. The van der Waals surface area contributed by atoms with Crippen molar-refractivity contribution >= 4 is 11.9 Å². The minimum absolute atomic E-state index is 0.00393. The molecule has 1 unspecified atom stereocenters. The lowest BCUT2D eigenvalue weighted by atomic mass is 9.74. The lowest BCUT2D eigenvalue weighted by Crippen LogP contribution is -2.51. The number of aryl methyl sites for hydroxylation is 2. The summed E-state index contributed by atoms with van der Waals surface area (Å²) in [5.74, 6) is -0.694. The second-order valence-electron chi connectivity index (χ2n) is 7.71. The van der Waals surface area contributed by atoms with E-state index in [1.807, 2.05) is 13.2 Å². The van der Waals surface area contributed by atoms with Gasteiger partial charge in [0.1, 0.15) is 5.82 Å². The summed E-state index contributed by atoms with van der Waals surface area (Å²) in [4.78, 5) is 27.5. The van der Waals surface area contributed by atoms with Gasteiger partial charge < -0.3 is 9.64 Å². The number of rotatable bonds is 7. The highest BCUT2D eigenvalue weighted by atomic mass is 19.1. The minimum Gasteiger partial charge on any atom is -0.466 e. The molecule has 156 valence electrons. The minimum atomic E-state index is -0.916. The average Bonchev–Trinajstić information content (AvgIpc) is 3.13. The molecule has 29 heavy (non-hydrogen) atoms. The van der Waals surface area contributed by atoms with Crippen LogP contribution in [0.2, 0.25) is 0 Å². The number of esters is 1. The Kier molecular flexibility index (Phi) is 6.67. The molecule has 7 heteroatoms. The van der Waals surface area contributed by atoms with Crippen molar-refractivity contribution in [3.63, 3.8) is 0 Å². The molecule has 1 fully saturated rings. The van der Waals surface area contributed by atoms with E-state index < -0.39 is 5.41 Å². The van der Waals surface area contributed by atoms with Gasteiger partial charge in [-0.1, -0.05) is 18.2 Å². The van der Waals surface area contributed by atoms with Crippen molar-refractivity contribution in [2.24, 2.45) is 12.5 Å². The number of hydrogen-bond donors (Lipinski definition) is 0. The van der Waals surface area contributed by atoms with Crippen molar-refractivity contribution in [2.75, 3.05) is 19.7 Å². The molecule has 0 bridgehead atoms. The van der Waals surface area contributed by atoms with Crippen LogP contribution in [-0.2, 0) is 34.2 Å². The second-order valence-corrected chi connectivity index (χ2v) is 7.71. The lowest BCUT2D eigenvalue weighted by molar-refractivity contribution is -0.160. The summed E-state index contributed by atoms with van der Waals surface area (Å²) in [5.41, 5.74) is 0.562. The summed E-state index contributed by atoms with van der Waals surface area (Å²) in [6.45, 7) is 2.87. The topological polar surface area (TPSA) is 64.4 Å². The fraction of sp³-hybridized carbons (Fsp3) is 0.500. The third-order valence-corrected chi connectivity index (χ3v) is 5.51. The Morgan fingerprint density at radius 2 is 2.10 bits per heavy atom. The third-order valence-electron chi connectivity index (χ3n) is 5.51. The quantitative estimate of drug-likeness (QED) is 0.669. The fourth-order valence-electron chi connectivity index (χ4n) is 4.03. The van der Waals surface area contributed by atoms with E-state index in [0.29, 0.717) is 37.8 Å². The van der Waals surface area contributed by atoms with Crippen LogP contribution in [0, 0.1) is 11.2 Å². The molecule has 0 spiro atoms. The van der Waals surface area contributed by atoms with Crippen molar-refractivity contribution < 1.29 is 18.7 Å². The van der Waals surface area contributed by atoms with Gasteiger partial charge in [0.15, 0.2) is 0 Å². The van der Waals surface area contributed by atoms with Gasteiger partial charge in [-0.3, -0.25) is 14.3 Å². The van der Waals surface area contributed by atoms with Crippen LogP contribution in [0.1, 0.15) is 37.3 Å². The van der Waals surface area contributed by atoms with Gasteiger partial charge in [-0.05, 0) is 49.8 Å². The Hall–Kier alpha value is -2.70. The highest BCUT2D eigenvalue weighted by Gasteiger charge is 2.45. The molecule has 1 aromatic carbocycles. The molecule has 6 nitrogen and oxygen atoms in total. The highest BCUT2D eigenvalue weighted by Crippen LogP contribution is 2.36. The van der Waals surface area contributed by atoms with Gasteiger partial charge in [0.25, 0.3) is 0 Å². The zero-order valence-corrected chi connectivity index (χ0v) is 17.1. The first-order chi connectivity index (χ1) is 13.9. The summed E-state index contributed by atoms with van der Waals surface area (Å²) < 4.78 is 21.3. The third kappa shape index (κ3) is 5.02. The van der Waals surface area contributed by atoms with E-state index in [9.17, 15) is 14.0 Å². The van der Waals surface area contributed by atoms with E-state index >= 15 is 0 Å². The first kappa shape index (κ1) is 21.0. The number of piperidine rings is 1. The van der Waals surface area contributed by atoms with Crippen molar-refractivity contribution in [2.45, 2.75) is 39.0 Å². The monoisotopic (exact) mass is 401 g/mol. The van der Waals surface area contributed by atoms with Crippen LogP contribution in [0.3, 0.4) is 0 Å². The number of halogens is 1. The molecule has 1 aliphatic heterocycles. The van der Waals surface area contributed by atoms with Crippen LogP contribution in [-0.4, -0.2) is 46.3 Å². The van der Waals surface area contributed by atoms with Crippen LogP contribution in [0.4, 0.5) is 4.39 Å². The van der Waals surface area contributed by atoms with Crippen LogP contribution in [0.5, 0.6) is 0 Å². The molecule has 1 atom stereocenters. The van der Waals surface area contributed by atoms with E-state index in [1.54, 1.807) is 40.9 Å². The summed E-state index contributed by atoms with van der Waals surface area (Å²) in [5, 5.41) is 4.12. The van der Waals surface area contributed by atoms with E-state index in [2.05, 4.69) is 5.10 Å². The second kappa shape index (κ2) is 9.20. The number of ether oxygens (including phenoxy) is 1. The van der Waals surface area contributed by atoms with E-state index in [-0.39, 0.29) is 37.3 Å². The lowest BCUT2D eigenvalue weighted by Gasteiger charge is -2.41. The number of aromatic nitrogens is 2. The number of carbonyl (C=O) groups is 2. The van der Waals surface area contributed by atoms with Crippen LogP contribution in [0.25, 0.3) is 0 Å². The Morgan fingerprint density at radius 3 is 2.79 bits per heavy atom. The molecule has 1 amide bonds. The number of nitrogens with zero attached hydrogens (tertiary/aromatic N) is 3. The molecule has 0 N–H and O–H groups in total. The Labute approximate surface area is 170 Å². The van der Waals surface area contributed by atoms with Gasteiger partial charge in [0, 0.05) is 32.8 Å². The molecule has 0 aliphatic carbocycles. The number of carbonyl (C=O) groups excluding carboxylic acids is 2. The first-order valence-electron chi connectivity index (χ1n) is 10.1. The molecular formula is C22H28FN3O3. The van der Waals surface area contributed by atoms with Crippen molar-refractivity contribution in [1.29, 1.82) is 0 Å². The zero-order chi connectivity index (χ0) is 20.9. The van der Waals surface area contributed by atoms with E-state index in [4.69, 9.17) is 4.74 Å². The van der Waals surface area contributed by atoms with E-state index in [1.165, 1.54) is 6.07 Å². The van der Waals surface area contributed by atoms with Crippen molar-refractivity contribution in [1.82, 2.24) is 14.7 Å². The van der Waals surface area contributed by atoms with Crippen molar-refractivity contribution in [3.05, 3.63) is 53.6 Å². The highest BCUT2D eigenvalue weighted by molar-refractivity contribution is 5.81. The Bertz CT molecular complexity index is 866. The fourth-order valence-corrected chi connectivity index (χ4v) is 4.03. The number of likely N-dealkylation sites (tertiary alicyclic amines) is 1. The molecule has 0 radical (unpaired) electrons. The first-order valence-corrected chi connectivity index (χ1v) is 10.1. The molecule has 1 aliphatic rings. The molecule has 1 saturated heterocycles. The molecule has 2 heterocycles. The SMILES string of the molecule is CCOC(=O)C1(Cc2ccccc2F)CCCN(C(=O)CCc2cnn(C)c2)C1. The van der Waals surface area contributed by atoms with Gasteiger partial charge in [-0.2, -0.15) is 5.10 Å². The predicted octanol–water partition coefficient (Wildman–Crippen LogP) is 2.91. The summed E-state index contributed by atoms with van der Waals surface area (Å²) >= 11 is 0. The van der Waals surface area contributed by atoms with Crippen molar-refractivity contribution in [3.8, 4) is 0 Å². The number of benzene rings is 1. The number of amides is 1. The summed E-state index contributed by atoms with van der Waals surface area (Å²) in [6, 6.07) is 6.48. The maximum atomic E-state index is 14.3. The standard InChI is InChI=1S/C22H28FN3O3/c1-3-29-21(28)22(13-18-7-4-5-8-19(18)23)11-6-12-26(16-22)20(27)10-9-17-14-24-25(2)15-17/h4-5,7-8,14-15H,3,6,9-13,16H2,1-2H3. The molecule has 1 aromatic heterocycles. The Balaban J connectivity index is 1.74.